The van der Waals surface area contributed by atoms with Crippen molar-refractivity contribution in [1.29, 1.82) is 0 Å². The predicted octanol–water partition coefficient (Wildman–Crippen LogP) is 0.577. The number of pyridine rings is 1. The average molecular weight is 330 g/mol. The third-order valence-electron chi connectivity index (χ3n) is 3.01. The number of nitrogens with one attached hydrogen (secondary N) is 2. The van der Waals surface area contributed by atoms with Crippen LogP contribution in [0, 0.1) is 0 Å². The van der Waals surface area contributed by atoms with Gasteiger partial charge >= 0.3 is 122 Å². The third kappa shape index (κ3) is 2.33. The normalized spacial score (nSPS) is 10.7. The minimum atomic E-state index is -0.0714. The molecule has 1 aromatic carbocycles. The Hall–Kier alpha value is -2.10. The van der Waals surface area contributed by atoms with Gasteiger partial charge in [-0.2, -0.15) is 0 Å². The number of fused-ring (bicyclic) bond motifs is 1. The van der Waals surface area contributed by atoms with Gasteiger partial charge in [-0.05, 0) is 0 Å². The molecule has 2 heterocycles. The summed E-state index contributed by atoms with van der Waals surface area (Å²) < 4.78 is 2.44. The Morgan fingerprint density at radius 2 is 2.20 bits per heavy atom. The van der Waals surface area contributed by atoms with Gasteiger partial charge in [-0.3, -0.25) is 0 Å². The molecule has 0 saturated carbocycles. The summed E-state index contributed by atoms with van der Waals surface area (Å²) in [5, 5.41) is 3.77. The van der Waals surface area contributed by atoms with E-state index in [9.17, 15) is 4.79 Å². The molecule has 20 heavy (non-hydrogen) atoms. The van der Waals surface area contributed by atoms with E-state index in [1.807, 2.05) is 36.7 Å². The van der Waals surface area contributed by atoms with Gasteiger partial charge in [0.05, 0.1) is 0 Å². The van der Waals surface area contributed by atoms with E-state index in [0.717, 1.165) is 10.9 Å². The van der Waals surface area contributed by atoms with Crippen LogP contribution in [0.25, 0.3) is 10.9 Å². The van der Waals surface area contributed by atoms with Crippen molar-refractivity contribution in [2.75, 3.05) is 7.05 Å². The average Bonchev–Trinajstić information content (AvgIpc) is 2.91. The van der Waals surface area contributed by atoms with Crippen molar-refractivity contribution in [3.63, 3.8) is 0 Å². The zero-order valence-corrected chi connectivity index (χ0v) is 12.6. The molecule has 100 valence electrons. The van der Waals surface area contributed by atoms with Gasteiger partial charge in [-0.15, -0.1) is 0 Å². The fourth-order valence-corrected chi connectivity index (χ4v) is 3.98. The molecule has 0 aliphatic carbocycles. The number of hydrogen-bond acceptors (Lipinski definition) is 2. The van der Waals surface area contributed by atoms with E-state index in [1.165, 1.54) is 8.92 Å². The van der Waals surface area contributed by atoms with Gasteiger partial charge in [0.2, 0.25) is 0 Å². The van der Waals surface area contributed by atoms with Crippen LogP contribution in [0.4, 0.5) is 0 Å². The molecular formula is C15H13N3OSe. The first kappa shape index (κ1) is 12.9. The summed E-state index contributed by atoms with van der Waals surface area (Å²) in [5.41, 5.74) is 1.57. The Balaban J connectivity index is 2.04. The van der Waals surface area contributed by atoms with Gasteiger partial charge in [0.25, 0.3) is 0 Å². The topological polar surface area (TPSA) is 57.8 Å². The number of aromatic amines is 1. The first-order chi connectivity index (χ1) is 9.79. The van der Waals surface area contributed by atoms with E-state index in [-0.39, 0.29) is 20.9 Å². The number of para-hydroxylation sites is 1. The summed E-state index contributed by atoms with van der Waals surface area (Å²) in [6.07, 6.45) is 5.66. The minimum absolute atomic E-state index is 0.0714. The molecular weight excluding hydrogens is 317 g/mol. The number of carbonyl (C=O) groups is 1. The number of H-pyrrole nitrogens is 1. The van der Waals surface area contributed by atoms with E-state index >= 15 is 0 Å². The first-order valence-electron chi connectivity index (χ1n) is 6.19. The second-order valence-electron chi connectivity index (χ2n) is 4.25. The molecule has 1 amide bonds. The van der Waals surface area contributed by atoms with Crippen molar-refractivity contribution in [3.8, 4) is 0 Å². The van der Waals surface area contributed by atoms with Crippen molar-refractivity contribution < 1.29 is 4.79 Å². The molecule has 2 N–H and O–H groups in total. The van der Waals surface area contributed by atoms with Gasteiger partial charge < -0.3 is 0 Å². The molecule has 4 nitrogen and oxygen atoms in total. The van der Waals surface area contributed by atoms with Gasteiger partial charge in [0, 0.05) is 0 Å². The van der Waals surface area contributed by atoms with Crippen molar-refractivity contribution in [1.82, 2.24) is 15.3 Å². The summed E-state index contributed by atoms with van der Waals surface area (Å²) in [7, 11) is 1.64. The molecule has 0 unspecified atom stereocenters. The van der Waals surface area contributed by atoms with E-state index in [2.05, 4.69) is 21.4 Å². The Bertz CT molecular complexity index is 752. The maximum absolute atomic E-state index is 11.9. The van der Waals surface area contributed by atoms with Crippen LogP contribution in [0.1, 0.15) is 10.4 Å². The second kappa shape index (κ2) is 5.49. The molecule has 3 aromatic rings. The van der Waals surface area contributed by atoms with Crippen LogP contribution < -0.4 is 14.2 Å². The molecule has 2 aromatic heterocycles. The van der Waals surface area contributed by atoms with Crippen molar-refractivity contribution >= 4 is 40.7 Å². The summed E-state index contributed by atoms with van der Waals surface area (Å²) >= 11 is 0.174. The molecule has 0 atom stereocenters. The quantitative estimate of drug-likeness (QED) is 0.690. The zero-order chi connectivity index (χ0) is 13.9. The third-order valence-corrected chi connectivity index (χ3v) is 5.18. The van der Waals surface area contributed by atoms with Crippen LogP contribution in [0.2, 0.25) is 0 Å². The van der Waals surface area contributed by atoms with Gasteiger partial charge in [0.15, 0.2) is 0 Å². The van der Waals surface area contributed by atoms with Crippen LogP contribution >= 0.6 is 0 Å². The van der Waals surface area contributed by atoms with Crippen molar-refractivity contribution in [2.24, 2.45) is 0 Å². The SMILES string of the molecule is CNC(=O)c1cccc2c([Se]c3cccnc3)c[nH]c12. The monoisotopic (exact) mass is 331 g/mol. The molecule has 0 bridgehead atoms. The number of rotatable bonds is 3. The Morgan fingerprint density at radius 1 is 1.30 bits per heavy atom. The molecule has 0 saturated heterocycles. The fourth-order valence-electron chi connectivity index (χ4n) is 2.07. The number of hydrogen-bond donors (Lipinski definition) is 2. The molecule has 0 spiro atoms. The van der Waals surface area contributed by atoms with Crippen LogP contribution in [-0.4, -0.2) is 37.9 Å². The fraction of sp³-hybridized carbons (Fsp3) is 0.0667. The van der Waals surface area contributed by atoms with E-state index in [4.69, 9.17) is 0 Å². The summed E-state index contributed by atoms with van der Waals surface area (Å²) in [4.78, 5) is 19.2. The van der Waals surface area contributed by atoms with Crippen LogP contribution in [0.5, 0.6) is 0 Å². The first-order valence-corrected chi connectivity index (χ1v) is 7.91. The van der Waals surface area contributed by atoms with Crippen molar-refractivity contribution in [3.05, 3.63) is 54.5 Å². The number of aromatic nitrogens is 2. The van der Waals surface area contributed by atoms with E-state index in [0.29, 0.717) is 5.56 Å². The Kier molecular flexibility index (Phi) is 3.54. The molecule has 5 heteroatoms. The predicted molar refractivity (Wildman–Crippen MR) is 80.9 cm³/mol. The summed E-state index contributed by atoms with van der Waals surface area (Å²) in [6, 6.07) is 9.82. The molecule has 0 aliphatic rings. The van der Waals surface area contributed by atoms with E-state index in [1.54, 1.807) is 13.2 Å². The molecule has 0 radical (unpaired) electrons. The Morgan fingerprint density at radius 3 is 2.95 bits per heavy atom. The number of carbonyl (C=O) groups excluding carboxylic acids is 1. The Labute approximate surface area is 122 Å². The molecule has 0 fully saturated rings. The molecule has 3 rings (SSSR count). The standard InChI is InChI=1S/C15H13N3OSe/c1-16-15(19)12-6-2-5-11-13(9-18-14(11)12)20-10-4-3-7-17-8-10/h2-9,18H,1H3,(H,16,19). The maximum atomic E-state index is 11.9. The zero-order valence-electron chi connectivity index (χ0n) is 10.9. The van der Waals surface area contributed by atoms with Gasteiger partial charge in [-0.1, -0.05) is 0 Å². The van der Waals surface area contributed by atoms with Gasteiger partial charge in [-0.25, -0.2) is 0 Å². The number of benzene rings is 1. The van der Waals surface area contributed by atoms with Crippen LogP contribution in [0.3, 0.4) is 0 Å². The summed E-state index contributed by atoms with van der Waals surface area (Å²) in [6.45, 7) is 0. The van der Waals surface area contributed by atoms with Crippen LogP contribution in [-0.2, 0) is 0 Å². The number of nitrogens with zero attached hydrogens (tertiary/aromatic N) is 1. The van der Waals surface area contributed by atoms with Crippen LogP contribution in [0.15, 0.2) is 48.9 Å². The summed E-state index contributed by atoms with van der Waals surface area (Å²) in [5.74, 6) is -0.0714. The second-order valence-corrected chi connectivity index (χ2v) is 6.59. The van der Waals surface area contributed by atoms with Gasteiger partial charge in [0.1, 0.15) is 0 Å². The molecule has 0 aliphatic heterocycles. The number of amides is 1. The van der Waals surface area contributed by atoms with E-state index < -0.39 is 0 Å². The van der Waals surface area contributed by atoms with Crippen molar-refractivity contribution in [2.45, 2.75) is 0 Å².